The van der Waals surface area contributed by atoms with Gasteiger partial charge in [-0.25, -0.2) is 4.79 Å². The molecule has 0 fully saturated rings. The lowest BCUT2D eigenvalue weighted by molar-refractivity contribution is -0.142. The number of ketones is 1. The molecule has 0 N–H and O–H groups in total. The van der Waals surface area contributed by atoms with Crippen LogP contribution in [0, 0.1) is 0 Å². The van der Waals surface area contributed by atoms with Gasteiger partial charge in [-0.15, -0.1) is 0 Å². The molecule has 1 aliphatic rings. The van der Waals surface area contributed by atoms with E-state index in [1.807, 2.05) is 54.6 Å². The van der Waals surface area contributed by atoms with Crippen LogP contribution in [0.1, 0.15) is 15.9 Å². The minimum absolute atomic E-state index is 0.188. The minimum atomic E-state index is -0.484. The van der Waals surface area contributed by atoms with Crippen molar-refractivity contribution in [3.8, 4) is 22.6 Å². The van der Waals surface area contributed by atoms with Gasteiger partial charge in [-0.05, 0) is 34.9 Å². The molecule has 0 spiro atoms. The predicted molar refractivity (Wildman–Crippen MR) is 109 cm³/mol. The van der Waals surface area contributed by atoms with Crippen molar-refractivity contribution in [1.82, 2.24) is 0 Å². The van der Waals surface area contributed by atoms with Crippen LogP contribution in [0.2, 0.25) is 0 Å². The molecule has 1 aliphatic heterocycles. The van der Waals surface area contributed by atoms with Gasteiger partial charge in [0, 0.05) is 6.07 Å². The molecule has 0 aliphatic carbocycles. The minimum Gasteiger partial charge on any atom is -0.482 e. The van der Waals surface area contributed by atoms with E-state index in [1.54, 1.807) is 24.3 Å². The molecule has 0 unspecified atom stereocenters. The Kier molecular flexibility index (Phi) is 5.12. The Labute approximate surface area is 168 Å². The van der Waals surface area contributed by atoms with Gasteiger partial charge in [-0.2, -0.15) is 0 Å². The van der Waals surface area contributed by atoms with Gasteiger partial charge in [0.2, 0.25) is 5.78 Å². The monoisotopic (exact) mass is 386 g/mol. The molecule has 0 radical (unpaired) electrons. The number of allylic oxidation sites excluding steroid dienone is 1. The molecule has 1 heterocycles. The fraction of sp³-hybridized carbons (Fsp3) is 0.0833. The molecule has 5 heteroatoms. The molecule has 0 atom stereocenters. The maximum Gasteiger partial charge on any atom is 0.343 e. The highest BCUT2D eigenvalue weighted by Crippen LogP contribution is 2.35. The second kappa shape index (κ2) is 8.02. The van der Waals surface area contributed by atoms with Gasteiger partial charge in [0.25, 0.3) is 0 Å². The Bertz CT molecular complexity index is 1080. The second-order valence-corrected chi connectivity index (χ2v) is 6.45. The molecule has 0 aromatic heterocycles. The molecule has 0 saturated carbocycles. The lowest BCUT2D eigenvalue weighted by Gasteiger charge is -2.05. The third-order valence-electron chi connectivity index (χ3n) is 4.54. The zero-order valence-corrected chi connectivity index (χ0v) is 15.8. The number of methoxy groups -OCH3 is 1. The zero-order chi connectivity index (χ0) is 20.2. The van der Waals surface area contributed by atoms with E-state index >= 15 is 0 Å². The summed E-state index contributed by atoms with van der Waals surface area (Å²) in [7, 11) is 1.29. The lowest BCUT2D eigenvalue weighted by Crippen LogP contribution is -2.12. The van der Waals surface area contributed by atoms with Crippen molar-refractivity contribution in [2.24, 2.45) is 0 Å². The number of carbonyl (C=O) groups excluding carboxylic acids is 2. The summed E-state index contributed by atoms with van der Waals surface area (Å²) in [5, 5.41) is 0. The van der Waals surface area contributed by atoms with Gasteiger partial charge in [0.05, 0.1) is 12.7 Å². The summed E-state index contributed by atoms with van der Waals surface area (Å²) < 4.78 is 15.6. The highest BCUT2D eigenvalue weighted by atomic mass is 16.6. The molecule has 3 aromatic rings. The topological polar surface area (TPSA) is 61.8 Å². The van der Waals surface area contributed by atoms with Crippen LogP contribution in [-0.4, -0.2) is 25.5 Å². The molecule has 29 heavy (non-hydrogen) atoms. The van der Waals surface area contributed by atoms with Gasteiger partial charge in [0.15, 0.2) is 12.4 Å². The molecular weight excluding hydrogens is 368 g/mol. The maximum atomic E-state index is 12.6. The van der Waals surface area contributed by atoms with Crippen LogP contribution in [0.25, 0.3) is 17.2 Å². The fourth-order valence-corrected chi connectivity index (χ4v) is 3.01. The summed E-state index contributed by atoms with van der Waals surface area (Å²) in [6.45, 7) is -0.209. The van der Waals surface area contributed by atoms with E-state index in [9.17, 15) is 9.59 Å². The van der Waals surface area contributed by atoms with Crippen molar-refractivity contribution < 1.29 is 23.8 Å². The summed E-state index contributed by atoms with van der Waals surface area (Å²) in [5.41, 5.74) is 3.56. The summed E-state index contributed by atoms with van der Waals surface area (Å²) in [6.07, 6.45) is 1.71. The third kappa shape index (κ3) is 4.04. The smallest absolute Gasteiger partial charge is 0.343 e. The van der Waals surface area contributed by atoms with Crippen LogP contribution in [0.3, 0.4) is 0 Å². The van der Waals surface area contributed by atoms with Crippen LogP contribution in [0.4, 0.5) is 0 Å². The first kappa shape index (κ1) is 18.5. The SMILES string of the molecule is COC(=O)COc1ccc2c(c1)OC(=Cc1ccc(-c3ccccc3)cc1)C2=O. The standard InChI is InChI=1S/C24H18O5/c1-27-23(25)15-28-19-11-12-20-21(14-19)29-22(24(20)26)13-16-7-9-18(10-8-16)17-5-3-2-4-6-17/h2-14H,15H2,1H3. The number of esters is 1. The molecule has 0 bridgehead atoms. The Morgan fingerprint density at radius 1 is 0.966 bits per heavy atom. The molecular formula is C24H18O5. The summed E-state index contributed by atoms with van der Waals surface area (Å²) in [4.78, 5) is 23.8. The van der Waals surface area contributed by atoms with Crippen molar-refractivity contribution in [3.05, 3.63) is 89.7 Å². The van der Waals surface area contributed by atoms with Gasteiger partial charge in [-0.1, -0.05) is 54.6 Å². The van der Waals surface area contributed by atoms with E-state index < -0.39 is 5.97 Å². The molecule has 4 rings (SSSR count). The van der Waals surface area contributed by atoms with E-state index in [0.29, 0.717) is 17.1 Å². The van der Waals surface area contributed by atoms with Crippen molar-refractivity contribution in [3.63, 3.8) is 0 Å². The Hall–Kier alpha value is -3.86. The third-order valence-corrected chi connectivity index (χ3v) is 4.54. The van der Waals surface area contributed by atoms with Crippen LogP contribution in [0.5, 0.6) is 11.5 Å². The first-order chi connectivity index (χ1) is 14.1. The molecule has 0 saturated heterocycles. The largest absolute Gasteiger partial charge is 0.482 e. The predicted octanol–water partition coefficient (Wildman–Crippen LogP) is 4.52. The van der Waals surface area contributed by atoms with Gasteiger partial charge in [0.1, 0.15) is 11.5 Å². The van der Waals surface area contributed by atoms with E-state index in [-0.39, 0.29) is 18.1 Å². The lowest BCUT2D eigenvalue weighted by atomic mass is 10.0. The Morgan fingerprint density at radius 3 is 2.41 bits per heavy atom. The average molecular weight is 386 g/mol. The van der Waals surface area contributed by atoms with Crippen molar-refractivity contribution in [2.75, 3.05) is 13.7 Å². The van der Waals surface area contributed by atoms with E-state index in [4.69, 9.17) is 9.47 Å². The van der Waals surface area contributed by atoms with E-state index in [2.05, 4.69) is 4.74 Å². The molecule has 3 aromatic carbocycles. The molecule has 0 amide bonds. The molecule has 144 valence electrons. The van der Waals surface area contributed by atoms with Gasteiger partial charge in [-0.3, -0.25) is 4.79 Å². The van der Waals surface area contributed by atoms with Gasteiger partial charge >= 0.3 is 5.97 Å². The average Bonchev–Trinajstić information content (AvgIpc) is 3.07. The van der Waals surface area contributed by atoms with Crippen LogP contribution >= 0.6 is 0 Å². The summed E-state index contributed by atoms with van der Waals surface area (Å²) in [6, 6.07) is 22.8. The zero-order valence-electron chi connectivity index (χ0n) is 15.8. The number of ether oxygens (including phenoxy) is 3. The summed E-state index contributed by atoms with van der Waals surface area (Å²) in [5.74, 6) is 0.409. The quantitative estimate of drug-likeness (QED) is 0.477. The summed E-state index contributed by atoms with van der Waals surface area (Å²) >= 11 is 0. The van der Waals surface area contributed by atoms with E-state index in [1.165, 1.54) is 7.11 Å². The fourth-order valence-electron chi connectivity index (χ4n) is 3.01. The number of carbonyl (C=O) groups is 2. The van der Waals surface area contributed by atoms with Crippen molar-refractivity contribution >= 4 is 17.8 Å². The highest BCUT2D eigenvalue weighted by molar-refractivity contribution is 6.14. The Balaban J connectivity index is 1.51. The molecule has 5 nitrogen and oxygen atoms in total. The first-order valence-electron chi connectivity index (χ1n) is 9.07. The number of rotatable bonds is 5. The number of hydrogen-bond donors (Lipinski definition) is 0. The normalized spacial score (nSPS) is 13.7. The van der Waals surface area contributed by atoms with Gasteiger partial charge < -0.3 is 14.2 Å². The van der Waals surface area contributed by atoms with Crippen LogP contribution in [0.15, 0.2) is 78.6 Å². The highest BCUT2D eigenvalue weighted by Gasteiger charge is 2.27. The first-order valence-corrected chi connectivity index (χ1v) is 9.07. The van der Waals surface area contributed by atoms with E-state index in [0.717, 1.165) is 16.7 Å². The van der Waals surface area contributed by atoms with Crippen molar-refractivity contribution in [1.29, 1.82) is 0 Å². The number of hydrogen-bond acceptors (Lipinski definition) is 5. The second-order valence-electron chi connectivity index (χ2n) is 6.45. The van der Waals surface area contributed by atoms with Crippen LogP contribution in [-0.2, 0) is 9.53 Å². The number of benzene rings is 3. The number of fused-ring (bicyclic) bond motifs is 1. The van der Waals surface area contributed by atoms with Crippen LogP contribution < -0.4 is 9.47 Å². The Morgan fingerprint density at radius 2 is 1.69 bits per heavy atom. The van der Waals surface area contributed by atoms with Crippen molar-refractivity contribution in [2.45, 2.75) is 0 Å². The maximum absolute atomic E-state index is 12.6. The number of Topliss-reactive ketones (excluding diaryl/α,β-unsaturated/α-hetero) is 1.